The fourth-order valence-electron chi connectivity index (χ4n) is 4.43. The van der Waals surface area contributed by atoms with E-state index in [9.17, 15) is 4.79 Å². The van der Waals surface area contributed by atoms with Gasteiger partial charge in [0.25, 0.3) is 0 Å². The number of carbonyl (C=O) groups is 1. The van der Waals surface area contributed by atoms with Gasteiger partial charge in [-0.1, -0.05) is 35.3 Å². The lowest BCUT2D eigenvalue weighted by atomic mass is 9.92. The minimum Gasteiger partial charge on any atom is -0.493 e. The second-order valence-corrected chi connectivity index (χ2v) is 9.65. The molecule has 190 valence electrons. The van der Waals surface area contributed by atoms with Crippen LogP contribution >= 0.6 is 23.2 Å². The number of amides is 1. The molecule has 3 aromatic rings. The van der Waals surface area contributed by atoms with Crippen LogP contribution in [0.1, 0.15) is 24.2 Å². The van der Waals surface area contributed by atoms with Crippen molar-refractivity contribution in [2.45, 2.75) is 31.7 Å². The summed E-state index contributed by atoms with van der Waals surface area (Å²) in [7, 11) is 3.20. The third kappa shape index (κ3) is 6.66. The number of carbonyl (C=O) groups excluding carboxylic acids is 1. The summed E-state index contributed by atoms with van der Waals surface area (Å²) in [6.45, 7) is 1.84. The molecule has 0 saturated carbocycles. The molecule has 2 atom stereocenters. The molecule has 1 amide bonds. The van der Waals surface area contributed by atoms with Gasteiger partial charge in [-0.2, -0.15) is 0 Å². The number of methoxy groups -OCH3 is 2. The first-order valence-corrected chi connectivity index (χ1v) is 12.7. The summed E-state index contributed by atoms with van der Waals surface area (Å²) < 4.78 is 10.7. The molecule has 1 aliphatic heterocycles. The third-order valence-electron chi connectivity index (χ3n) is 6.45. The number of ether oxygens (including phenoxy) is 2. The van der Waals surface area contributed by atoms with Gasteiger partial charge in [0, 0.05) is 36.8 Å². The highest BCUT2D eigenvalue weighted by Crippen LogP contribution is 2.32. The molecular weight excluding hydrogens is 499 g/mol. The standard InChI is InChI=1S/C27H30Cl2N4O3/c1-35-24-6-4-18(13-25(24)36-2)20-15-31-26(32-16-20)7-8-27(34)33-23(19-9-10-30-14-19)12-17-3-5-21(28)22(29)11-17/h3-6,11,13,15-16,19,23,30H,7-10,12,14H2,1-2H3,(H,33,34). The minimum absolute atomic E-state index is 0.0121. The summed E-state index contributed by atoms with van der Waals surface area (Å²) in [6, 6.07) is 11.3. The Morgan fingerprint density at radius 1 is 1.06 bits per heavy atom. The summed E-state index contributed by atoms with van der Waals surface area (Å²) in [5, 5.41) is 7.68. The lowest BCUT2D eigenvalue weighted by Gasteiger charge is -2.24. The third-order valence-corrected chi connectivity index (χ3v) is 7.19. The number of halogens is 2. The number of nitrogens with zero attached hydrogens (tertiary/aromatic N) is 2. The Kier molecular flexibility index (Phi) is 9.02. The van der Waals surface area contributed by atoms with Crippen molar-refractivity contribution in [3.63, 3.8) is 0 Å². The lowest BCUT2D eigenvalue weighted by molar-refractivity contribution is -0.122. The molecule has 1 aliphatic rings. The van der Waals surface area contributed by atoms with Gasteiger partial charge >= 0.3 is 0 Å². The van der Waals surface area contributed by atoms with Gasteiger partial charge in [-0.25, -0.2) is 9.97 Å². The van der Waals surface area contributed by atoms with Crippen LogP contribution in [-0.2, 0) is 17.6 Å². The van der Waals surface area contributed by atoms with E-state index >= 15 is 0 Å². The highest BCUT2D eigenvalue weighted by Gasteiger charge is 2.26. The molecule has 0 aliphatic carbocycles. The van der Waals surface area contributed by atoms with E-state index in [0.717, 1.165) is 36.2 Å². The van der Waals surface area contributed by atoms with E-state index in [0.29, 0.717) is 52.5 Å². The topological polar surface area (TPSA) is 85.4 Å². The SMILES string of the molecule is COc1ccc(-c2cnc(CCC(=O)NC(Cc3ccc(Cl)c(Cl)c3)C3CCNC3)nc2)cc1OC. The van der Waals surface area contributed by atoms with Crippen molar-refractivity contribution in [1.29, 1.82) is 0 Å². The van der Waals surface area contributed by atoms with Crippen LogP contribution in [0, 0.1) is 5.92 Å². The van der Waals surface area contributed by atoms with Gasteiger partial charge < -0.3 is 20.1 Å². The van der Waals surface area contributed by atoms with Crippen molar-refractivity contribution in [3.8, 4) is 22.6 Å². The van der Waals surface area contributed by atoms with Crippen molar-refractivity contribution < 1.29 is 14.3 Å². The number of aryl methyl sites for hydroxylation is 1. The van der Waals surface area contributed by atoms with Gasteiger partial charge in [0.05, 0.1) is 24.3 Å². The zero-order valence-corrected chi connectivity index (χ0v) is 21.9. The number of hydrogen-bond acceptors (Lipinski definition) is 6. The molecule has 2 unspecified atom stereocenters. The van der Waals surface area contributed by atoms with Gasteiger partial charge in [-0.3, -0.25) is 4.79 Å². The highest BCUT2D eigenvalue weighted by molar-refractivity contribution is 6.42. The predicted octanol–water partition coefficient (Wildman–Crippen LogP) is 4.74. The molecule has 1 fully saturated rings. The van der Waals surface area contributed by atoms with Gasteiger partial charge in [-0.05, 0) is 67.2 Å². The molecule has 4 rings (SSSR count). The zero-order chi connectivity index (χ0) is 25.5. The Morgan fingerprint density at radius 3 is 2.50 bits per heavy atom. The maximum atomic E-state index is 12.9. The van der Waals surface area contributed by atoms with Crippen LogP contribution in [0.25, 0.3) is 11.1 Å². The monoisotopic (exact) mass is 528 g/mol. The molecule has 36 heavy (non-hydrogen) atoms. The van der Waals surface area contributed by atoms with Gasteiger partial charge in [0.15, 0.2) is 11.5 Å². The molecular formula is C27H30Cl2N4O3. The highest BCUT2D eigenvalue weighted by atomic mass is 35.5. The number of hydrogen-bond donors (Lipinski definition) is 2. The van der Waals surface area contributed by atoms with E-state index in [1.807, 2.05) is 30.3 Å². The normalized spacial score (nSPS) is 15.9. The zero-order valence-electron chi connectivity index (χ0n) is 20.4. The van der Waals surface area contributed by atoms with E-state index in [2.05, 4.69) is 20.6 Å². The maximum Gasteiger partial charge on any atom is 0.220 e. The van der Waals surface area contributed by atoms with Gasteiger partial charge in [0.1, 0.15) is 5.82 Å². The van der Waals surface area contributed by atoms with Crippen molar-refractivity contribution in [2.24, 2.45) is 5.92 Å². The fraction of sp³-hybridized carbons (Fsp3) is 0.370. The first kappa shape index (κ1) is 26.2. The van der Waals surface area contributed by atoms with Crippen molar-refractivity contribution in [3.05, 3.63) is 70.2 Å². The molecule has 2 heterocycles. The second kappa shape index (κ2) is 12.4. The molecule has 1 aromatic heterocycles. The van der Waals surface area contributed by atoms with E-state index in [1.54, 1.807) is 32.7 Å². The number of nitrogens with one attached hydrogen (secondary N) is 2. The van der Waals surface area contributed by atoms with Crippen molar-refractivity contribution >= 4 is 29.1 Å². The van der Waals surface area contributed by atoms with E-state index < -0.39 is 0 Å². The smallest absolute Gasteiger partial charge is 0.220 e. The van der Waals surface area contributed by atoms with Crippen molar-refractivity contribution in [2.75, 3.05) is 27.3 Å². The quantitative estimate of drug-likeness (QED) is 0.395. The molecule has 0 radical (unpaired) electrons. The maximum absolute atomic E-state index is 12.9. The van der Waals surface area contributed by atoms with E-state index in [1.165, 1.54) is 0 Å². The Bertz CT molecular complexity index is 1180. The van der Waals surface area contributed by atoms with E-state index in [4.69, 9.17) is 32.7 Å². The van der Waals surface area contributed by atoms with E-state index in [-0.39, 0.29) is 11.9 Å². The average Bonchev–Trinajstić information content (AvgIpc) is 3.44. The van der Waals surface area contributed by atoms with Crippen molar-refractivity contribution in [1.82, 2.24) is 20.6 Å². The Morgan fingerprint density at radius 2 is 1.83 bits per heavy atom. The Labute approximate surface area is 221 Å². The van der Waals surface area contributed by atoms with Crippen LogP contribution < -0.4 is 20.1 Å². The number of aromatic nitrogens is 2. The van der Waals surface area contributed by atoms with Crippen LogP contribution in [0.5, 0.6) is 11.5 Å². The van der Waals surface area contributed by atoms with Gasteiger partial charge in [0.2, 0.25) is 5.91 Å². The van der Waals surface area contributed by atoms with Gasteiger partial charge in [-0.15, -0.1) is 0 Å². The van der Waals surface area contributed by atoms with Crippen LogP contribution in [-0.4, -0.2) is 49.2 Å². The molecule has 1 saturated heterocycles. The average molecular weight is 529 g/mol. The number of benzene rings is 2. The number of rotatable bonds is 10. The van der Waals surface area contributed by atoms with Crippen LogP contribution in [0.4, 0.5) is 0 Å². The summed E-state index contributed by atoms with van der Waals surface area (Å²) in [4.78, 5) is 21.8. The fourth-order valence-corrected chi connectivity index (χ4v) is 4.75. The summed E-state index contributed by atoms with van der Waals surface area (Å²) in [5.74, 6) is 2.28. The summed E-state index contributed by atoms with van der Waals surface area (Å²) in [6.07, 6.45) is 6.02. The van der Waals surface area contributed by atoms with Crippen LogP contribution in [0.15, 0.2) is 48.8 Å². The Balaban J connectivity index is 1.36. The summed E-state index contributed by atoms with van der Waals surface area (Å²) in [5.41, 5.74) is 2.84. The Hall–Kier alpha value is -2.87. The lowest BCUT2D eigenvalue weighted by Crippen LogP contribution is -2.42. The molecule has 0 bridgehead atoms. The van der Waals surface area contributed by atoms with Crippen LogP contribution in [0.3, 0.4) is 0 Å². The minimum atomic E-state index is -0.0143. The molecule has 9 heteroatoms. The molecule has 2 aromatic carbocycles. The summed E-state index contributed by atoms with van der Waals surface area (Å²) >= 11 is 12.3. The molecule has 7 nitrogen and oxygen atoms in total. The van der Waals surface area contributed by atoms with Crippen LogP contribution in [0.2, 0.25) is 10.0 Å². The predicted molar refractivity (Wildman–Crippen MR) is 142 cm³/mol. The first-order valence-electron chi connectivity index (χ1n) is 11.9. The molecule has 2 N–H and O–H groups in total. The first-order chi connectivity index (χ1) is 17.5. The second-order valence-electron chi connectivity index (χ2n) is 8.84. The molecule has 0 spiro atoms. The largest absolute Gasteiger partial charge is 0.493 e.